The Morgan fingerprint density at radius 3 is 2.53 bits per heavy atom. The van der Waals surface area contributed by atoms with Crippen molar-refractivity contribution in [3.8, 4) is 11.5 Å². The van der Waals surface area contributed by atoms with Crippen molar-refractivity contribution >= 4 is 8.07 Å². The highest BCUT2D eigenvalue weighted by Gasteiger charge is 2.09. The lowest BCUT2D eigenvalue weighted by Gasteiger charge is -2.07. The molecule has 1 aromatic rings. The van der Waals surface area contributed by atoms with Crippen LogP contribution in [-0.4, -0.2) is 13.2 Å². The Morgan fingerprint density at radius 2 is 2.00 bits per heavy atom. The summed E-state index contributed by atoms with van der Waals surface area (Å²) in [6.07, 6.45) is -0.882. The van der Waals surface area contributed by atoms with E-state index >= 15 is 0 Å². The molecular formula is C12H15FOSi. The second kappa shape index (κ2) is 4.60. The Kier molecular flexibility index (Phi) is 3.67. The predicted octanol–water partition coefficient (Wildman–Crippen LogP) is 2.74. The monoisotopic (exact) mass is 222 g/mol. The van der Waals surface area contributed by atoms with Gasteiger partial charge in [0.25, 0.3) is 0 Å². The van der Waals surface area contributed by atoms with Crippen molar-refractivity contribution in [2.45, 2.75) is 25.7 Å². The average Bonchev–Trinajstić information content (AvgIpc) is 2.13. The van der Waals surface area contributed by atoms with Crippen LogP contribution < -0.4 is 0 Å². The van der Waals surface area contributed by atoms with Crippen LogP contribution >= 0.6 is 0 Å². The van der Waals surface area contributed by atoms with Crippen LogP contribution in [0.1, 0.15) is 11.7 Å². The van der Waals surface area contributed by atoms with Crippen LogP contribution in [0.2, 0.25) is 19.6 Å². The van der Waals surface area contributed by atoms with E-state index in [-0.39, 0.29) is 5.82 Å². The molecular weight excluding hydrogens is 207 g/mol. The number of aliphatic hydroxyl groups is 1. The fourth-order valence-electron chi connectivity index (χ4n) is 1.04. The fraction of sp³-hybridized carbons (Fsp3) is 0.333. The molecule has 0 saturated carbocycles. The van der Waals surface area contributed by atoms with Crippen molar-refractivity contribution in [3.05, 3.63) is 35.6 Å². The summed E-state index contributed by atoms with van der Waals surface area (Å²) in [6.45, 7) is 6.29. The van der Waals surface area contributed by atoms with E-state index in [2.05, 4.69) is 31.1 Å². The Morgan fingerprint density at radius 1 is 1.33 bits per heavy atom. The van der Waals surface area contributed by atoms with Gasteiger partial charge in [-0.2, -0.15) is 0 Å². The SMILES string of the molecule is C[Si](C)(C)C#CC(O)c1cccc(F)c1. The molecule has 1 aromatic carbocycles. The Bertz CT molecular complexity index is 398. The predicted molar refractivity (Wildman–Crippen MR) is 62.5 cm³/mol. The smallest absolute Gasteiger partial charge is 0.139 e. The summed E-state index contributed by atoms with van der Waals surface area (Å²) in [7, 11) is -1.48. The fourth-order valence-corrected chi connectivity index (χ4v) is 1.61. The third-order valence-corrected chi connectivity index (χ3v) is 2.64. The van der Waals surface area contributed by atoms with Crippen LogP contribution in [0.25, 0.3) is 0 Å². The van der Waals surface area contributed by atoms with E-state index in [1.807, 2.05) is 0 Å². The van der Waals surface area contributed by atoms with Crippen molar-refractivity contribution in [2.24, 2.45) is 0 Å². The van der Waals surface area contributed by atoms with Gasteiger partial charge in [-0.15, -0.1) is 5.54 Å². The first-order chi connectivity index (χ1) is 6.88. The summed E-state index contributed by atoms with van der Waals surface area (Å²) in [6, 6.07) is 5.91. The van der Waals surface area contributed by atoms with Gasteiger partial charge in [-0.05, 0) is 17.7 Å². The third-order valence-electron chi connectivity index (χ3n) is 1.75. The van der Waals surface area contributed by atoms with E-state index in [4.69, 9.17) is 0 Å². The molecule has 3 heteroatoms. The summed E-state index contributed by atoms with van der Waals surface area (Å²) in [5.41, 5.74) is 3.57. The van der Waals surface area contributed by atoms with Crippen molar-refractivity contribution in [1.82, 2.24) is 0 Å². The standard InChI is InChI=1S/C12H15FOSi/c1-15(2,3)8-7-12(14)10-5-4-6-11(13)9-10/h4-6,9,12,14H,1-3H3. The molecule has 0 bridgehead atoms. The highest BCUT2D eigenvalue weighted by atomic mass is 28.3. The number of rotatable bonds is 1. The lowest BCUT2D eigenvalue weighted by molar-refractivity contribution is 0.238. The van der Waals surface area contributed by atoms with Gasteiger partial charge < -0.3 is 5.11 Å². The molecule has 0 radical (unpaired) electrons. The minimum atomic E-state index is -1.48. The lowest BCUT2D eigenvalue weighted by Crippen LogP contribution is -2.16. The lowest BCUT2D eigenvalue weighted by atomic mass is 10.1. The Hall–Kier alpha value is -1.11. The number of aliphatic hydroxyl groups excluding tert-OH is 1. The maximum Gasteiger partial charge on any atom is 0.139 e. The van der Waals surface area contributed by atoms with E-state index in [9.17, 15) is 9.50 Å². The van der Waals surface area contributed by atoms with Crippen molar-refractivity contribution < 1.29 is 9.50 Å². The van der Waals surface area contributed by atoms with E-state index in [0.29, 0.717) is 5.56 Å². The first kappa shape index (κ1) is 12.0. The normalized spacial score (nSPS) is 12.9. The summed E-state index contributed by atoms with van der Waals surface area (Å²) in [5.74, 6) is 2.42. The molecule has 15 heavy (non-hydrogen) atoms. The van der Waals surface area contributed by atoms with Crippen molar-refractivity contribution in [3.63, 3.8) is 0 Å². The van der Waals surface area contributed by atoms with E-state index in [1.165, 1.54) is 12.1 Å². The zero-order chi connectivity index (χ0) is 11.5. The van der Waals surface area contributed by atoms with Crippen LogP contribution in [0.5, 0.6) is 0 Å². The molecule has 80 valence electrons. The average molecular weight is 222 g/mol. The number of benzene rings is 1. The topological polar surface area (TPSA) is 20.2 Å². The van der Waals surface area contributed by atoms with Crippen LogP contribution in [0.3, 0.4) is 0 Å². The molecule has 0 amide bonds. The van der Waals surface area contributed by atoms with Gasteiger partial charge in [0.2, 0.25) is 0 Å². The van der Waals surface area contributed by atoms with Gasteiger partial charge in [0, 0.05) is 0 Å². The van der Waals surface area contributed by atoms with Gasteiger partial charge >= 0.3 is 0 Å². The summed E-state index contributed by atoms with van der Waals surface area (Å²) in [5, 5.41) is 9.69. The minimum Gasteiger partial charge on any atom is -0.376 e. The molecule has 1 unspecified atom stereocenters. The summed E-state index contributed by atoms with van der Waals surface area (Å²) in [4.78, 5) is 0. The molecule has 0 fully saturated rings. The van der Waals surface area contributed by atoms with Crippen molar-refractivity contribution in [1.29, 1.82) is 0 Å². The Labute approximate surface area is 91.0 Å². The van der Waals surface area contributed by atoms with Crippen LogP contribution in [0.15, 0.2) is 24.3 Å². The summed E-state index contributed by atoms with van der Waals surface area (Å²) < 4.78 is 12.9. The first-order valence-electron chi connectivity index (χ1n) is 4.85. The molecule has 1 nitrogen and oxygen atoms in total. The second-order valence-corrected chi connectivity index (χ2v) is 9.23. The molecule has 0 aliphatic carbocycles. The zero-order valence-electron chi connectivity index (χ0n) is 9.21. The number of halogens is 1. The first-order valence-corrected chi connectivity index (χ1v) is 8.35. The van der Waals surface area contributed by atoms with E-state index in [1.54, 1.807) is 12.1 Å². The molecule has 0 aromatic heterocycles. The van der Waals surface area contributed by atoms with E-state index < -0.39 is 14.2 Å². The van der Waals surface area contributed by atoms with Crippen LogP contribution in [0.4, 0.5) is 4.39 Å². The van der Waals surface area contributed by atoms with Gasteiger partial charge in [0.1, 0.15) is 20.0 Å². The van der Waals surface area contributed by atoms with Gasteiger partial charge in [0.05, 0.1) is 0 Å². The van der Waals surface area contributed by atoms with Gasteiger partial charge in [0.15, 0.2) is 0 Å². The highest BCUT2D eigenvalue weighted by Crippen LogP contribution is 2.13. The molecule has 0 aliphatic heterocycles. The maximum atomic E-state index is 12.9. The maximum absolute atomic E-state index is 12.9. The van der Waals surface area contributed by atoms with Crippen molar-refractivity contribution in [2.75, 3.05) is 0 Å². The highest BCUT2D eigenvalue weighted by molar-refractivity contribution is 6.83. The quantitative estimate of drug-likeness (QED) is 0.572. The summed E-state index contributed by atoms with van der Waals surface area (Å²) >= 11 is 0. The number of hydrogen-bond donors (Lipinski definition) is 1. The van der Waals surface area contributed by atoms with E-state index in [0.717, 1.165) is 0 Å². The van der Waals surface area contributed by atoms with Gasteiger partial charge in [-0.3, -0.25) is 0 Å². The molecule has 1 N–H and O–H groups in total. The minimum absolute atomic E-state index is 0.346. The largest absolute Gasteiger partial charge is 0.376 e. The zero-order valence-corrected chi connectivity index (χ0v) is 10.2. The molecule has 0 heterocycles. The third kappa shape index (κ3) is 4.28. The van der Waals surface area contributed by atoms with Gasteiger partial charge in [-0.1, -0.05) is 37.7 Å². The molecule has 0 saturated heterocycles. The molecule has 1 atom stereocenters. The number of hydrogen-bond acceptors (Lipinski definition) is 1. The molecule has 1 rings (SSSR count). The second-order valence-electron chi connectivity index (χ2n) is 4.48. The Balaban J connectivity index is 2.85. The van der Waals surface area contributed by atoms with Gasteiger partial charge in [-0.25, -0.2) is 4.39 Å². The molecule has 0 spiro atoms. The van der Waals surface area contributed by atoms with Crippen LogP contribution in [-0.2, 0) is 0 Å². The molecule has 0 aliphatic rings. The van der Waals surface area contributed by atoms with Crippen LogP contribution in [0, 0.1) is 17.3 Å².